The summed E-state index contributed by atoms with van der Waals surface area (Å²) in [5.41, 5.74) is 2.90. The molecule has 0 radical (unpaired) electrons. The lowest BCUT2D eigenvalue weighted by molar-refractivity contribution is 0.0663. The summed E-state index contributed by atoms with van der Waals surface area (Å²) in [5.74, 6) is 0.179. The van der Waals surface area contributed by atoms with Gasteiger partial charge >= 0.3 is 0 Å². The molecule has 2 rings (SSSR count). The first kappa shape index (κ1) is 14.1. The number of rotatable bonds is 3. The predicted octanol–water partition coefficient (Wildman–Crippen LogP) is 2.58. The fraction of sp³-hybridized carbons (Fsp3) is 0.562. The Morgan fingerprint density at radius 2 is 2.05 bits per heavy atom. The molecule has 1 amide bonds. The summed E-state index contributed by atoms with van der Waals surface area (Å²) in [4.78, 5) is 12.1. The second-order valence-electron chi connectivity index (χ2n) is 5.64. The summed E-state index contributed by atoms with van der Waals surface area (Å²) < 4.78 is 0. The molecule has 1 aliphatic rings. The molecule has 3 nitrogen and oxygen atoms in total. The lowest BCUT2D eigenvalue weighted by Gasteiger charge is -2.27. The molecule has 19 heavy (non-hydrogen) atoms. The summed E-state index contributed by atoms with van der Waals surface area (Å²) in [6.07, 6.45) is 3.87. The first-order valence-electron chi connectivity index (χ1n) is 7.11. The molecule has 1 saturated carbocycles. The van der Waals surface area contributed by atoms with Crippen LogP contribution in [0.15, 0.2) is 18.2 Å². The first-order chi connectivity index (χ1) is 9.08. The molecule has 0 aliphatic heterocycles. The highest BCUT2D eigenvalue weighted by Crippen LogP contribution is 2.23. The van der Waals surface area contributed by atoms with Crippen LogP contribution in [0.2, 0.25) is 0 Å². The fourth-order valence-corrected chi connectivity index (χ4v) is 2.81. The van der Waals surface area contributed by atoms with E-state index in [1.54, 1.807) is 0 Å². The summed E-state index contributed by atoms with van der Waals surface area (Å²) in [6.45, 7) is 4.55. The van der Waals surface area contributed by atoms with E-state index >= 15 is 0 Å². The minimum Gasteiger partial charge on any atom is -0.393 e. The van der Waals surface area contributed by atoms with Crippen LogP contribution in [0.4, 0.5) is 0 Å². The fourth-order valence-electron chi connectivity index (χ4n) is 2.81. The number of amides is 1. The second kappa shape index (κ2) is 6.20. The van der Waals surface area contributed by atoms with Crippen LogP contribution in [-0.4, -0.2) is 23.7 Å². The van der Waals surface area contributed by atoms with Crippen molar-refractivity contribution in [3.8, 4) is 0 Å². The molecule has 0 aromatic heterocycles. The van der Waals surface area contributed by atoms with Crippen LogP contribution in [0.1, 0.15) is 47.2 Å². The van der Waals surface area contributed by atoms with Crippen LogP contribution in [0.25, 0.3) is 0 Å². The maximum absolute atomic E-state index is 12.1. The molecule has 1 aromatic carbocycles. The topological polar surface area (TPSA) is 49.3 Å². The largest absolute Gasteiger partial charge is 0.393 e. The Morgan fingerprint density at radius 3 is 2.74 bits per heavy atom. The van der Waals surface area contributed by atoms with Crippen LogP contribution < -0.4 is 5.32 Å². The van der Waals surface area contributed by atoms with Gasteiger partial charge in [0.25, 0.3) is 5.91 Å². The lowest BCUT2D eigenvalue weighted by Crippen LogP contribution is -2.36. The van der Waals surface area contributed by atoms with E-state index in [1.165, 1.54) is 0 Å². The van der Waals surface area contributed by atoms with Crippen LogP contribution in [0.3, 0.4) is 0 Å². The van der Waals surface area contributed by atoms with Crippen LogP contribution in [0, 0.1) is 19.8 Å². The van der Waals surface area contributed by atoms with Gasteiger partial charge in [0.15, 0.2) is 0 Å². The standard InChI is InChI=1S/C16H23NO2/c1-11-7-8-14(12(2)9-11)16(19)17-10-13-5-3-4-6-15(13)18/h7-9,13,15,18H,3-6,10H2,1-2H3,(H,17,19). The number of benzene rings is 1. The quantitative estimate of drug-likeness (QED) is 0.878. The summed E-state index contributed by atoms with van der Waals surface area (Å²) in [6, 6.07) is 5.85. The third kappa shape index (κ3) is 3.57. The minimum atomic E-state index is -0.256. The predicted molar refractivity (Wildman–Crippen MR) is 76.2 cm³/mol. The second-order valence-corrected chi connectivity index (χ2v) is 5.64. The molecule has 1 fully saturated rings. The van der Waals surface area contributed by atoms with Crippen molar-refractivity contribution < 1.29 is 9.90 Å². The number of aliphatic hydroxyl groups excluding tert-OH is 1. The van der Waals surface area contributed by atoms with Crippen LogP contribution in [0.5, 0.6) is 0 Å². The monoisotopic (exact) mass is 261 g/mol. The van der Waals surface area contributed by atoms with E-state index in [1.807, 2.05) is 32.0 Å². The summed E-state index contributed by atoms with van der Waals surface area (Å²) in [5, 5.41) is 12.9. The molecular formula is C16H23NO2. The van der Waals surface area contributed by atoms with E-state index in [0.717, 1.165) is 42.4 Å². The van der Waals surface area contributed by atoms with Gasteiger partial charge < -0.3 is 10.4 Å². The van der Waals surface area contributed by atoms with Gasteiger partial charge in [0, 0.05) is 18.0 Å². The third-order valence-corrected chi connectivity index (χ3v) is 4.02. The lowest BCUT2D eigenvalue weighted by atomic mass is 9.86. The van der Waals surface area contributed by atoms with Crippen LogP contribution in [-0.2, 0) is 0 Å². The number of aryl methyl sites for hydroxylation is 2. The average Bonchev–Trinajstić information content (AvgIpc) is 2.37. The normalized spacial score (nSPS) is 23.1. The van der Waals surface area contributed by atoms with Gasteiger partial charge in [-0.2, -0.15) is 0 Å². The van der Waals surface area contributed by atoms with E-state index < -0.39 is 0 Å². The Hall–Kier alpha value is -1.35. The third-order valence-electron chi connectivity index (χ3n) is 4.02. The number of nitrogens with one attached hydrogen (secondary N) is 1. The maximum atomic E-state index is 12.1. The number of carbonyl (C=O) groups is 1. The molecule has 2 N–H and O–H groups in total. The van der Waals surface area contributed by atoms with E-state index in [-0.39, 0.29) is 17.9 Å². The average molecular weight is 261 g/mol. The van der Waals surface area contributed by atoms with Crippen molar-refractivity contribution in [2.45, 2.75) is 45.6 Å². The molecule has 0 heterocycles. The Bertz CT molecular complexity index is 456. The minimum absolute atomic E-state index is 0.0322. The Kier molecular flexibility index (Phi) is 4.59. The van der Waals surface area contributed by atoms with Crippen molar-refractivity contribution in [1.29, 1.82) is 0 Å². The number of aliphatic hydroxyl groups is 1. The first-order valence-corrected chi connectivity index (χ1v) is 7.11. The van der Waals surface area contributed by atoms with Crippen molar-refractivity contribution in [3.63, 3.8) is 0 Å². The van der Waals surface area contributed by atoms with E-state index in [0.29, 0.717) is 6.54 Å². The van der Waals surface area contributed by atoms with Crippen molar-refractivity contribution >= 4 is 5.91 Å². The SMILES string of the molecule is Cc1ccc(C(=O)NCC2CCCCC2O)c(C)c1. The van der Waals surface area contributed by atoms with E-state index in [2.05, 4.69) is 5.32 Å². The summed E-state index contributed by atoms with van der Waals surface area (Å²) in [7, 11) is 0. The number of carbonyl (C=O) groups excluding carboxylic acids is 1. The van der Waals surface area contributed by atoms with Gasteiger partial charge in [0.1, 0.15) is 0 Å². The molecule has 0 saturated heterocycles. The Morgan fingerprint density at radius 1 is 1.32 bits per heavy atom. The Balaban J connectivity index is 1.93. The maximum Gasteiger partial charge on any atom is 0.251 e. The smallest absolute Gasteiger partial charge is 0.251 e. The van der Waals surface area contributed by atoms with Gasteiger partial charge in [-0.3, -0.25) is 4.79 Å². The van der Waals surface area contributed by atoms with Gasteiger partial charge in [-0.25, -0.2) is 0 Å². The highest BCUT2D eigenvalue weighted by molar-refractivity contribution is 5.95. The Labute approximate surface area is 115 Å². The summed E-state index contributed by atoms with van der Waals surface area (Å²) >= 11 is 0. The molecule has 2 atom stereocenters. The van der Waals surface area contributed by atoms with Crippen molar-refractivity contribution in [2.75, 3.05) is 6.54 Å². The van der Waals surface area contributed by atoms with Gasteiger partial charge in [-0.1, -0.05) is 30.5 Å². The molecule has 104 valence electrons. The molecule has 1 aliphatic carbocycles. The zero-order valence-electron chi connectivity index (χ0n) is 11.8. The number of hydrogen-bond acceptors (Lipinski definition) is 2. The van der Waals surface area contributed by atoms with Crippen molar-refractivity contribution in [1.82, 2.24) is 5.32 Å². The molecule has 0 spiro atoms. The molecule has 3 heteroatoms. The van der Waals surface area contributed by atoms with Crippen molar-refractivity contribution in [2.24, 2.45) is 5.92 Å². The molecule has 0 bridgehead atoms. The zero-order valence-corrected chi connectivity index (χ0v) is 11.8. The molecule has 1 aromatic rings. The van der Waals surface area contributed by atoms with Crippen LogP contribution >= 0.6 is 0 Å². The highest BCUT2D eigenvalue weighted by Gasteiger charge is 2.23. The van der Waals surface area contributed by atoms with Gasteiger partial charge in [-0.15, -0.1) is 0 Å². The van der Waals surface area contributed by atoms with E-state index in [9.17, 15) is 9.90 Å². The van der Waals surface area contributed by atoms with Gasteiger partial charge in [0.05, 0.1) is 6.10 Å². The van der Waals surface area contributed by atoms with Crippen molar-refractivity contribution in [3.05, 3.63) is 34.9 Å². The van der Waals surface area contributed by atoms with E-state index in [4.69, 9.17) is 0 Å². The number of hydrogen-bond donors (Lipinski definition) is 2. The highest BCUT2D eigenvalue weighted by atomic mass is 16.3. The molecular weight excluding hydrogens is 238 g/mol. The van der Waals surface area contributed by atoms with Gasteiger partial charge in [-0.05, 0) is 38.3 Å². The zero-order chi connectivity index (χ0) is 13.8. The molecule has 2 unspecified atom stereocenters. The van der Waals surface area contributed by atoms with Gasteiger partial charge in [0.2, 0.25) is 0 Å².